The minimum absolute atomic E-state index is 0.908. The maximum atomic E-state index is 3.72. The third-order valence-corrected chi connectivity index (χ3v) is 7.97. The van der Waals surface area contributed by atoms with E-state index in [4.69, 9.17) is 0 Å². The first-order chi connectivity index (χ1) is 12.3. The predicted molar refractivity (Wildman–Crippen MR) is 111 cm³/mol. The summed E-state index contributed by atoms with van der Waals surface area (Å²) < 4.78 is 0. The van der Waals surface area contributed by atoms with Gasteiger partial charge in [-0.2, -0.15) is 0 Å². The van der Waals surface area contributed by atoms with Crippen molar-refractivity contribution in [2.45, 2.75) is 6.92 Å². The van der Waals surface area contributed by atoms with Crippen LogP contribution in [0.2, 0.25) is 0 Å². The van der Waals surface area contributed by atoms with E-state index in [2.05, 4.69) is 115 Å². The summed E-state index contributed by atoms with van der Waals surface area (Å²) in [7, 11) is 0.0212. The van der Waals surface area contributed by atoms with Gasteiger partial charge in [-0.05, 0) is 43.3 Å². The van der Waals surface area contributed by atoms with E-state index in [-0.39, 0.29) is 0 Å². The van der Waals surface area contributed by atoms with Gasteiger partial charge in [0.1, 0.15) is 21.6 Å². The summed E-state index contributed by atoms with van der Waals surface area (Å²) in [5.41, 5.74) is 3.72. The molecule has 0 aliphatic rings. The van der Waals surface area contributed by atoms with Gasteiger partial charge in [-0.3, -0.25) is 0 Å². The third-order valence-electron chi connectivity index (χ3n) is 4.31. The van der Waals surface area contributed by atoms with Crippen LogP contribution in [0.3, 0.4) is 0 Å². The topological polar surface area (TPSA) is 3.24 Å². The van der Waals surface area contributed by atoms with E-state index in [0.717, 1.165) is 6.54 Å². The SMILES string of the molecule is CCN(C)C#C[P+](c1ccccc1)(c1ccccc1)c1ccccc1. The van der Waals surface area contributed by atoms with Gasteiger partial charge in [-0.25, -0.2) is 0 Å². The van der Waals surface area contributed by atoms with Crippen molar-refractivity contribution in [2.24, 2.45) is 0 Å². The van der Waals surface area contributed by atoms with Crippen LogP contribution < -0.4 is 15.9 Å². The molecule has 0 spiro atoms. The Morgan fingerprint density at radius 2 is 1.04 bits per heavy atom. The molecule has 0 atom stereocenters. The molecule has 0 unspecified atom stereocenters. The minimum Gasteiger partial charge on any atom is -0.333 e. The molecular formula is C23H23NP+. The molecule has 3 rings (SSSR count). The Labute approximate surface area is 151 Å². The Balaban J connectivity index is 2.33. The first kappa shape index (κ1) is 17.3. The normalized spacial score (nSPS) is 10.6. The number of benzene rings is 3. The van der Waals surface area contributed by atoms with E-state index in [1.54, 1.807) is 0 Å². The molecule has 0 aromatic heterocycles. The summed E-state index contributed by atoms with van der Waals surface area (Å²) in [6.45, 7) is 3.04. The van der Waals surface area contributed by atoms with Crippen molar-refractivity contribution < 1.29 is 0 Å². The first-order valence-corrected chi connectivity index (χ1v) is 10.4. The van der Waals surface area contributed by atoms with Crippen LogP contribution in [-0.4, -0.2) is 18.5 Å². The zero-order valence-corrected chi connectivity index (χ0v) is 15.7. The highest BCUT2D eigenvalue weighted by atomic mass is 31.2. The summed E-state index contributed by atoms with van der Waals surface area (Å²) in [6, 6.07) is 35.6. The molecule has 0 aliphatic carbocycles. The van der Waals surface area contributed by atoms with Gasteiger partial charge >= 0.3 is 0 Å². The van der Waals surface area contributed by atoms with Gasteiger partial charge in [0.05, 0.1) is 6.04 Å². The zero-order valence-electron chi connectivity index (χ0n) is 14.8. The van der Waals surface area contributed by atoms with Crippen LogP contribution in [0.25, 0.3) is 0 Å². The van der Waals surface area contributed by atoms with Crippen molar-refractivity contribution in [3.8, 4) is 11.7 Å². The number of hydrogen-bond donors (Lipinski definition) is 0. The second kappa shape index (κ2) is 8.02. The third kappa shape index (κ3) is 3.60. The van der Waals surface area contributed by atoms with Crippen molar-refractivity contribution in [1.29, 1.82) is 0 Å². The van der Waals surface area contributed by atoms with Gasteiger partial charge in [0.25, 0.3) is 0 Å². The van der Waals surface area contributed by atoms with Crippen LogP contribution >= 0.6 is 7.26 Å². The Morgan fingerprint density at radius 3 is 1.36 bits per heavy atom. The van der Waals surface area contributed by atoms with Crippen molar-refractivity contribution in [3.63, 3.8) is 0 Å². The maximum Gasteiger partial charge on any atom is 0.191 e. The fourth-order valence-electron chi connectivity index (χ4n) is 2.84. The fourth-order valence-corrected chi connectivity index (χ4v) is 6.30. The van der Waals surface area contributed by atoms with Gasteiger partial charge in [0, 0.05) is 13.6 Å². The molecular weight excluding hydrogens is 321 g/mol. The lowest BCUT2D eigenvalue weighted by molar-refractivity contribution is 0.513. The van der Waals surface area contributed by atoms with Gasteiger partial charge in [-0.1, -0.05) is 54.6 Å². The summed E-state index contributed by atoms with van der Waals surface area (Å²) in [4.78, 5) is 2.06. The van der Waals surface area contributed by atoms with Crippen LogP contribution in [0.5, 0.6) is 0 Å². The van der Waals surface area contributed by atoms with E-state index < -0.39 is 7.26 Å². The number of hydrogen-bond acceptors (Lipinski definition) is 1. The smallest absolute Gasteiger partial charge is 0.191 e. The molecule has 0 amide bonds. The molecule has 0 aliphatic heterocycles. The molecule has 0 saturated heterocycles. The van der Waals surface area contributed by atoms with Crippen LogP contribution in [0.1, 0.15) is 6.92 Å². The molecule has 0 radical (unpaired) electrons. The Hall–Kier alpha value is -2.55. The summed E-state index contributed by atoms with van der Waals surface area (Å²) >= 11 is 0. The second-order valence-electron chi connectivity index (χ2n) is 5.92. The summed E-state index contributed by atoms with van der Waals surface area (Å²) in [5, 5.41) is 3.89. The van der Waals surface area contributed by atoms with Gasteiger partial charge in [-0.15, -0.1) is 0 Å². The van der Waals surface area contributed by atoms with Crippen molar-refractivity contribution >= 4 is 23.2 Å². The number of rotatable bonds is 4. The summed E-state index contributed by atoms with van der Waals surface area (Å²) in [6.07, 6.45) is 0. The number of nitrogens with zero attached hydrogens (tertiary/aromatic N) is 1. The highest BCUT2D eigenvalue weighted by Gasteiger charge is 2.44. The highest BCUT2D eigenvalue weighted by Crippen LogP contribution is 2.54. The maximum absolute atomic E-state index is 3.72. The van der Waals surface area contributed by atoms with Crippen molar-refractivity contribution in [2.75, 3.05) is 13.6 Å². The van der Waals surface area contributed by atoms with Crippen molar-refractivity contribution in [3.05, 3.63) is 91.0 Å². The fraction of sp³-hybridized carbons (Fsp3) is 0.130. The first-order valence-electron chi connectivity index (χ1n) is 8.57. The van der Waals surface area contributed by atoms with Gasteiger partial charge < -0.3 is 4.90 Å². The Morgan fingerprint density at radius 1 is 0.680 bits per heavy atom. The van der Waals surface area contributed by atoms with Crippen LogP contribution in [0.15, 0.2) is 91.0 Å². The minimum atomic E-state index is -2.02. The van der Waals surface area contributed by atoms with Gasteiger partial charge in [0.15, 0.2) is 7.26 Å². The lowest BCUT2D eigenvalue weighted by atomic mass is 10.4. The molecule has 0 bridgehead atoms. The molecule has 0 saturated carbocycles. The second-order valence-corrected chi connectivity index (χ2v) is 9.03. The molecule has 3 aromatic rings. The lowest BCUT2D eigenvalue weighted by Gasteiger charge is -2.21. The van der Waals surface area contributed by atoms with E-state index in [9.17, 15) is 0 Å². The predicted octanol–water partition coefficient (Wildman–Crippen LogP) is 3.85. The van der Waals surface area contributed by atoms with Crippen LogP contribution in [0.4, 0.5) is 0 Å². The Kier molecular flexibility index (Phi) is 5.54. The van der Waals surface area contributed by atoms with E-state index in [1.807, 2.05) is 7.05 Å². The molecule has 1 nitrogen and oxygen atoms in total. The zero-order chi connectivity index (χ0) is 17.5. The van der Waals surface area contributed by atoms with E-state index in [1.165, 1.54) is 15.9 Å². The highest BCUT2D eigenvalue weighted by molar-refractivity contribution is 7.99. The molecule has 124 valence electrons. The molecule has 0 heterocycles. The molecule has 0 fully saturated rings. The molecule has 25 heavy (non-hydrogen) atoms. The standard InChI is InChI=1S/C23H23NP/c1-3-24(2)19-20-25(21-13-7-4-8-14-21,22-15-9-5-10-16-22)23-17-11-6-12-18-23/h4-18H,3H2,1-2H3/q+1. The quantitative estimate of drug-likeness (QED) is 0.395. The average Bonchev–Trinajstić information content (AvgIpc) is 2.71. The Bertz CT molecular complexity index is 751. The van der Waals surface area contributed by atoms with Crippen LogP contribution in [-0.2, 0) is 0 Å². The van der Waals surface area contributed by atoms with Crippen LogP contribution in [0, 0.1) is 11.7 Å². The molecule has 3 aromatic carbocycles. The van der Waals surface area contributed by atoms with Gasteiger partial charge in [0.2, 0.25) is 0 Å². The lowest BCUT2D eigenvalue weighted by Crippen LogP contribution is -2.30. The largest absolute Gasteiger partial charge is 0.333 e. The van der Waals surface area contributed by atoms with E-state index >= 15 is 0 Å². The molecule has 0 N–H and O–H groups in total. The summed E-state index contributed by atoms with van der Waals surface area (Å²) in [5.74, 6) is 0. The average molecular weight is 344 g/mol. The monoisotopic (exact) mass is 344 g/mol. The van der Waals surface area contributed by atoms with Crippen molar-refractivity contribution in [1.82, 2.24) is 4.90 Å². The molecule has 2 heteroatoms. The van der Waals surface area contributed by atoms with E-state index in [0.29, 0.717) is 0 Å².